The number of nitro groups is 1. The molecule has 1 aliphatic rings. The number of hydrogen-bond donors (Lipinski definition) is 1. The molecule has 8 heteroatoms. The van der Waals surface area contributed by atoms with Crippen molar-refractivity contribution in [2.24, 2.45) is 0 Å². The van der Waals surface area contributed by atoms with Crippen molar-refractivity contribution in [3.05, 3.63) is 99.6 Å². The van der Waals surface area contributed by atoms with Gasteiger partial charge in [-0.15, -0.1) is 0 Å². The quantitative estimate of drug-likeness (QED) is 0.443. The van der Waals surface area contributed by atoms with Gasteiger partial charge in [-0.1, -0.05) is 37.3 Å². The van der Waals surface area contributed by atoms with Gasteiger partial charge < -0.3 is 15.0 Å². The molecule has 8 nitrogen and oxygen atoms in total. The Hall–Kier alpha value is -4.20. The molecule has 0 aromatic heterocycles. The lowest BCUT2D eigenvalue weighted by molar-refractivity contribution is -0.384. The lowest BCUT2D eigenvalue weighted by Gasteiger charge is -2.23. The summed E-state index contributed by atoms with van der Waals surface area (Å²) in [6.07, 6.45) is -0.0298. The molecule has 3 aromatic carbocycles. The SMILES string of the molecule is CC[C@H]1Oc2ccc(NC(=O)c3ccc([N+](=O)[O-])cc3)cc2CN(Cc2ccccc2)C1=O. The van der Waals surface area contributed by atoms with Crippen LogP contribution in [0.1, 0.15) is 34.8 Å². The number of benzene rings is 3. The molecule has 3 aromatic rings. The van der Waals surface area contributed by atoms with E-state index in [1.807, 2.05) is 37.3 Å². The molecule has 168 valence electrons. The summed E-state index contributed by atoms with van der Waals surface area (Å²) in [6, 6.07) is 20.4. The van der Waals surface area contributed by atoms with Crippen LogP contribution in [-0.4, -0.2) is 27.7 Å². The molecule has 0 saturated heterocycles. The van der Waals surface area contributed by atoms with Crippen LogP contribution in [0.15, 0.2) is 72.8 Å². The fourth-order valence-corrected chi connectivity index (χ4v) is 3.72. The molecular weight excluding hydrogens is 422 g/mol. The van der Waals surface area contributed by atoms with Crippen LogP contribution < -0.4 is 10.1 Å². The second-order valence-electron chi connectivity index (χ2n) is 7.78. The van der Waals surface area contributed by atoms with E-state index >= 15 is 0 Å². The molecule has 4 rings (SSSR count). The normalized spacial score (nSPS) is 15.2. The minimum absolute atomic E-state index is 0.0750. The number of hydrogen-bond acceptors (Lipinski definition) is 5. The van der Waals surface area contributed by atoms with Gasteiger partial charge in [0.2, 0.25) is 0 Å². The predicted molar refractivity (Wildman–Crippen MR) is 123 cm³/mol. The zero-order valence-electron chi connectivity index (χ0n) is 18.1. The second kappa shape index (κ2) is 9.52. The Kier molecular flexibility index (Phi) is 6.35. The Labute approximate surface area is 190 Å². The number of rotatable bonds is 6. The fraction of sp³-hybridized carbons (Fsp3) is 0.200. The summed E-state index contributed by atoms with van der Waals surface area (Å²) < 4.78 is 6.00. The zero-order valence-corrected chi connectivity index (χ0v) is 18.1. The van der Waals surface area contributed by atoms with E-state index in [4.69, 9.17) is 4.74 Å². The molecule has 2 amide bonds. The summed E-state index contributed by atoms with van der Waals surface area (Å²) >= 11 is 0. The van der Waals surface area contributed by atoms with Gasteiger partial charge in [0.1, 0.15) is 5.75 Å². The van der Waals surface area contributed by atoms with E-state index in [0.717, 1.165) is 11.1 Å². The Bertz CT molecular complexity index is 1180. The van der Waals surface area contributed by atoms with E-state index in [2.05, 4.69) is 5.32 Å². The average molecular weight is 445 g/mol. The highest BCUT2D eigenvalue weighted by Crippen LogP contribution is 2.30. The van der Waals surface area contributed by atoms with Crippen molar-refractivity contribution >= 4 is 23.2 Å². The number of fused-ring (bicyclic) bond motifs is 1. The summed E-state index contributed by atoms with van der Waals surface area (Å²) in [4.78, 5) is 37.7. The number of carbonyl (C=O) groups is 2. The number of anilines is 1. The lowest BCUT2D eigenvalue weighted by atomic mass is 10.1. The maximum Gasteiger partial charge on any atom is 0.269 e. The summed E-state index contributed by atoms with van der Waals surface area (Å²) in [6.45, 7) is 2.71. The van der Waals surface area contributed by atoms with Gasteiger partial charge in [0, 0.05) is 42.0 Å². The highest BCUT2D eigenvalue weighted by atomic mass is 16.6. The molecule has 0 spiro atoms. The number of amides is 2. The second-order valence-corrected chi connectivity index (χ2v) is 7.78. The summed E-state index contributed by atoms with van der Waals surface area (Å²) in [5.74, 6) is 0.149. The monoisotopic (exact) mass is 445 g/mol. The molecule has 0 radical (unpaired) electrons. The van der Waals surface area contributed by atoms with Gasteiger partial charge in [-0.3, -0.25) is 19.7 Å². The van der Waals surface area contributed by atoms with Crippen molar-refractivity contribution in [3.8, 4) is 5.75 Å². The number of ether oxygens (including phenoxy) is 1. The minimum Gasteiger partial charge on any atom is -0.480 e. The van der Waals surface area contributed by atoms with Crippen LogP contribution in [0.2, 0.25) is 0 Å². The number of nitrogens with zero attached hydrogens (tertiary/aromatic N) is 2. The molecule has 1 aliphatic heterocycles. The maximum absolute atomic E-state index is 13.1. The molecule has 33 heavy (non-hydrogen) atoms. The Morgan fingerprint density at radius 1 is 1.12 bits per heavy atom. The molecule has 1 heterocycles. The lowest BCUT2D eigenvalue weighted by Crippen LogP contribution is -2.38. The first kappa shape index (κ1) is 22.0. The van der Waals surface area contributed by atoms with E-state index in [-0.39, 0.29) is 17.5 Å². The van der Waals surface area contributed by atoms with Gasteiger partial charge >= 0.3 is 0 Å². The van der Waals surface area contributed by atoms with Crippen LogP contribution in [0, 0.1) is 10.1 Å². The first-order valence-electron chi connectivity index (χ1n) is 10.6. The van der Waals surface area contributed by atoms with Gasteiger partial charge in [-0.25, -0.2) is 0 Å². The number of non-ortho nitro benzene ring substituents is 1. The van der Waals surface area contributed by atoms with E-state index in [0.29, 0.717) is 36.5 Å². The van der Waals surface area contributed by atoms with Crippen LogP contribution in [0.3, 0.4) is 0 Å². The summed E-state index contributed by atoms with van der Waals surface area (Å²) in [5.41, 5.74) is 2.58. The molecular formula is C25H23N3O5. The van der Waals surface area contributed by atoms with E-state index < -0.39 is 11.0 Å². The van der Waals surface area contributed by atoms with E-state index in [9.17, 15) is 19.7 Å². The fourth-order valence-electron chi connectivity index (χ4n) is 3.72. The van der Waals surface area contributed by atoms with Crippen LogP contribution in [-0.2, 0) is 17.9 Å². The molecule has 1 atom stereocenters. The van der Waals surface area contributed by atoms with Crippen LogP contribution in [0.4, 0.5) is 11.4 Å². The van der Waals surface area contributed by atoms with Crippen molar-refractivity contribution in [2.45, 2.75) is 32.5 Å². The van der Waals surface area contributed by atoms with E-state index in [1.54, 1.807) is 23.1 Å². The first-order chi connectivity index (χ1) is 15.9. The molecule has 0 bridgehead atoms. The smallest absolute Gasteiger partial charge is 0.269 e. The zero-order chi connectivity index (χ0) is 23.4. The van der Waals surface area contributed by atoms with E-state index in [1.165, 1.54) is 24.3 Å². The molecule has 0 unspecified atom stereocenters. The third kappa shape index (κ3) is 5.01. The maximum atomic E-state index is 13.1. The van der Waals surface area contributed by atoms with Crippen molar-refractivity contribution in [3.63, 3.8) is 0 Å². The van der Waals surface area contributed by atoms with Crippen LogP contribution in [0.5, 0.6) is 5.75 Å². The third-order valence-corrected chi connectivity index (χ3v) is 5.46. The average Bonchev–Trinajstić information content (AvgIpc) is 2.95. The molecule has 1 N–H and O–H groups in total. The van der Waals surface area contributed by atoms with Crippen LogP contribution >= 0.6 is 0 Å². The van der Waals surface area contributed by atoms with Gasteiger partial charge in [-0.2, -0.15) is 0 Å². The van der Waals surface area contributed by atoms with Gasteiger partial charge in [0.15, 0.2) is 6.10 Å². The molecule has 0 saturated carbocycles. The standard InChI is InChI=1S/C25H23N3O5/c1-2-22-25(30)27(15-17-6-4-3-5-7-17)16-19-14-20(10-13-23(19)33-22)26-24(29)18-8-11-21(12-9-18)28(31)32/h3-14,22H,2,15-16H2,1H3,(H,26,29)/t22-/m1/s1. The van der Waals surface area contributed by atoms with Crippen molar-refractivity contribution in [1.82, 2.24) is 4.90 Å². The summed E-state index contributed by atoms with van der Waals surface area (Å²) in [7, 11) is 0. The Balaban J connectivity index is 1.56. The first-order valence-corrected chi connectivity index (χ1v) is 10.6. The number of nitrogens with one attached hydrogen (secondary N) is 1. The minimum atomic E-state index is -0.574. The van der Waals surface area contributed by atoms with Gasteiger partial charge in [0.25, 0.3) is 17.5 Å². The number of nitro benzene ring substituents is 1. The highest BCUT2D eigenvalue weighted by molar-refractivity contribution is 6.04. The summed E-state index contributed by atoms with van der Waals surface area (Å²) in [5, 5.41) is 13.6. The molecule has 0 aliphatic carbocycles. The largest absolute Gasteiger partial charge is 0.480 e. The Morgan fingerprint density at radius 3 is 2.52 bits per heavy atom. The van der Waals surface area contributed by atoms with Gasteiger partial charge in [0.05, 0.1) is 4.92 Å². The van der Waals surface area contributed by atoms with Crippen molar-refractivity contribution in [1.29, 1.82) is 0 Å². The highest BCUT2D eigenvalue weighted by Gasteiger charge is 2.30. The molecule has 0 fully saturated rings. The van der Waals surface area contributed by atoms with Crippen molar-refractivity contribution < 1.29 is 19.2 Å². The predicted octanol–water partition coefficient (Wildman–Crippen LogP) is 4.55. The van der Waals surface area contributed by atoms with Crippen LogP contribution in [0.25, 0.3) is 0 Å². The van der Waals surface area contributed by atoms with Crippen molar-refractivity contribution in [2.75, 3.05) is 5.32 Å². The number of carbonyl (C=O) groups excluding carboxylic acids is 2. The van der Waals surface area contributed by atoms with Gasteiger partial charge in [-0.05, 0) is 42.3 Å². The topological polar surface area (TPSA) is 102 Å². The Morgan fingerprint density at radius 2 is 1.85 bits per heavy atom. The third-order valence-electron chi connectivity index (χ3n) is 5.46.